The van der Waals surface area contributed by atoms with Crippen LogP contribution in [0.3, 0.4) is 0 Å². The molecule has 1 atom stereocenters. The van der Waals surface area contributed by atoms with E-state index in [0.717, 1.165) is 5.56 Å². The predicted octanol–water partition coefficient (Wildman–Crippen LogP) is 1.32. The first kappa shape index (κ1) is 17.2. The lowest BCUT2D eigenvalue weighted by Gasteiger charge is -2.27. The van der Waals surface area contributed by atoms with Gasteiger partial charge in [-0.1, -0.05) is 12.1 Å². The molecule has 6 nitrogen and oxygen atoms in total. The van der Waals surface area contributed by atoms with E-state index in [1.54, 1.807) is 17.0 Å². The van der Waals surface area contributed by atoms with E-state index in [1.165, 1.54) is 24.4 Å². The Morgan fingerprint density at radius 1 is 1.32 bits per heavy atom. The van der Waals surface area contributed by atoms with E-state index in [9.17, 15) is 19.1 Å². The van der Waals surface area contributed by atoms with Crippen molar-refractivity contribution in [2.75, 3.05) is 19.7 Å². The van der Waals surface area contributed by atoms with Gasteiger partial charge in [0.15, 0.2) is 0 Å². The number of amides is 2. The molecule has 0 radical (unpaired) electrons. The second-order valence-corrected chi connectivity index (χ2v) is 6.60. The number of likely N-dealkylation sites (tertiary alicyclic amines) is 1. The van der Waals surface area contributed by atoms with Crippen molar-refractivity contribution in [2.45, 2.75) is 12.8 Å². The van der Waals surface area contributed by atoms with Crippen molar-refractivity contribution in [3.05, 3.63) is 59.2 Å². The van der Waals surface area contributed by atoms with Crippen molar-refractivity contribution in [3.63, 3.8) is 0 Å². The standard InChI is InChI=1S/C18H20FN3O3/c19-14-3-1-12(2-4-14)8-18(11-23)5-6-22(10-18)17(25)15-7-13(9-21-15)16(20)24/h1-4,7,9,21,23H,5-6,8,10-11H2,(H2,20,24). The second-order valence-electron chi connectivity index (χ2n) is 6.60. The Bertz CT molecular complexity index is 787. The molecule has 4 N–H and O–H groups in total. The third-order valence-corrected chi connectivity index (χ3v) is 4.75. The maximum Gasteiger partial charge on any atom is 0.270 e. The molecule has 0 spiro atoms. The zero-order chi connectivity index (χ0) is 18.0. The van der Waals surface area contributed by atoms with Crippen molar-refractivity contribution in [3.8, 4) is 0 Å². The monoisotopic (exact) mass is 345 g/mol. The Balaban J connectivity index is 1.72. The van der Waals surface area contributed by atoms with Crippen LogP contribution in [0.5, 0.6) is 0 Å². The van der Waals surface area contributed by atoms with Gasteiger partial charge in [0.1, 0.15) is 11.5 Å². The fraction of sp³-hybridized carbons (Fsp3) is 0.333. The van der Waals surface area contributed by atoms with E-state index in [-0.39, 0.29) is 23.9 Å². The molecule has 0 aliphatic carbocycles. The Morgan fingerprint density at radius 3 is 2.64 bits per heavy atom. The number of aliphatic hydroxyl groups excluding tert-OH is 1. The number of primary amides is 1. The number of benzene rings is 1. The molecule has 3 rings (SSSR count). The average molecular weight is 345 g/mol. The van der Waals surface area contributed by atoms with Crippen LogP contribution in [0.4, 0.5) is 4.39 Å². The van der Waals surface area contributed by atoms with Crippen LogP contribution in [-0.4, -0.2) is 46.5 Å². The van der Waals surface area contributed by atoms with Crippen LogP contribution in [0, 0.1) is 11.2 Å². The molecule has 1 fully saturated rings. The summed E-state index contributed by atoms with van der Waals surface area (Å²) < 4.78 is 13.1. The summed E-state index contributed by atoms with van der Waals surface area (Å²) in [4.78, 5) is 28.2. The quantitative estimate of drug-likeness (QED) is 0.762. The largest absolute Gasteiger partial charge is 0.396 e. The SMILES string of the molecule is NC(=O)c1c[nH]c(C(=O)N2CCC(CO)(Cc3ccc(F)cc3)C2)c1. The molecule has 2 aromatic rings. The molecule has 2 amide bonds. The molecule has 132 valence electrons. The molecule has 0 bridgehead atoms. The van der Waals surface area contributed by atoms with Crippen LogP contribution in [0.2, 0.25) is 0 Å². The van der Waals surface area contributed by atoms with Gasteiger partial charge in [0.25, 0.3) is 5.91 Å². The Morgan fingerprint density at radius 2 is 2.04 bits per heavy atom. The highest BCUT2D eigenvalue weighted by Crippen LogP contribution is 2.34. The average Bonchev–Trinajstić information content (AvgIpc) is 3.24. The molecular weight excluding hydrogens is 325 g/mol. The molecule has 1 aliphatic rings. The fourth-order valence-electron chi connectivity index (χ4n) is 3.30. The first-order chi connectivity index (χ1) is 11.9. The van der Waals surface area contributed by atoms with Crippen LogP contribution in [0.15, 0.2) is 36.5 Å². The number of nitrogens with zero attached hydrogens (tertiary/aromatic N) is 1. The number of nitrogens with two attached hydrogens (primary N) is 1. The van der Waals surface area contributed by atoms with Gasteiger partial charge in [0.2, 0.25) is 5.91 Å². The smallest absolute Gasteiger partial charge is 0.270 e. The van der Waals surface area contributed by atoms with E-state index < -0.39 is 11.3 Å². The number of halogens is 1. The molecule has 7 heteroatoms. The molecule has 1 aliphatic heterocycles. The summed E-state index contributed by atoms with van der Waals surface area (Å²) in [5.41, 5.74) is 6.21. The lowest BCUT2D eigenvalue weighted by Crippen LogP contribution is -2.35. The first-order valence-electron chi connectivity index (χ1n) is 8.05. The van der Waals surface area contributed by atoms with Crippen molar-refractivity contribution in [1.29, 1.82) is 0 Å². The maximum absolute atomic E-state index is 13.1. The third-order valence-electron chi connectivity index (χ3n) is 4.75. The zero-order valence-corrected chi connectivity index (χ0v) is 13.7. The number of aliphatic hydroxyl groups is 1. The number of aromatic nitrogens is 1. The molecule has 1 aromatic heterocycles. The van der Waals surface area contributed by atoms with Crippen LogP contribution >= 0.6 is 0 Å². The number of hydrogen-bond donors (Lipinski definition) is 3. The molecule has 1 unspecified atom stereocenters. The van der Waals surface area contributed by atoms with Crippen LogP contribution in [0.1, 0.15) is 32.8 Å². The van der Waals surface area contributed by atoms with Gasteiger partial charge in [-0.25, -0.2) is 4.39 Å². The van der Waals surface area contributed by atoms with E-state index in [0.29, 0.717) is 31.6 Å². The molecule has 1 aromatic carbocycles. The minimum Gasteiger partial charge on any atom is -0.396 e. The van der Waals surface area contributed by atoms with Crippen molar-refractivity contribution in [1.82, 2.24) is 9.88 Å². The first-order valence-corrected chi connectivity index (χ1v) is 8.05. The maximum atomic E-state index is 13.1. The van der Waals surface area contributed by atoms with Crippen LogP contribution in [0.25, 0.3) is 0 Å². The molecule has 1 saturated heterocycles. The number of hydrogen-bond acceptors (Lipinski definition) is 3. The van der Waals surface area contributed by atoms with Gasteiger partial charge < -0.3 is 20.7 Å². The van der Waals surface area contributed by atoms with Gasteiger partial charge in [-0.2, -0.15) is 0 Å². The summed E-state index contributed by atoms with van der Waals surface area (Å²) >= 11 is 0. The molecular formula is C18H20FN3O3. The number of H-pyrrole nitrogens is 1. The van der Waals surface area contributed by atoms with Crippen molar-refractivity contribution < 1.29 is 19.1 Å². The molecule has 0 saturated carbocycles. The van der Waals surface area contributed by atoms with Crippen molar-refractivity contribution in [2.24, 2.45) is 11.1 Å². The normalized spacial score (nSPS) is 20.0. The Hall–Kier alpha value is -2.67. The predicted molar refractivity (Wildman–Crippen MR) is 89.5 cm³/mol. The van der Waals surface area contributed by atoms with E-state index in [4.69, 9.17) is 5.73 Å². The van der Waals surface area contributed by atoms with Gasteiger partial charge in [-0.3, -0.25) is 9.59 Å². The third kappa shape index (κ3) is 3.56. The van der Waals surface area contributed by atoms with Gasteiger partial charge in [0, 0.05) is 24.7 Å². The second kappa shape index (κ2) is 6.68. The summed E-state index contributed by atoms with van der Waals surface area (Å²) in [5.74, 6) is -1.14. The van der Waals surface area contributed by atoms with Gasteiger partial charge in [-0.15, -0.1) is 0 Å². The van der Waals surface area contributed by atoms with Crippen LogP contribution in [-0.2, 0) is 6.42 Å². The summed E-state index contributed by atoms with van der Waals surface area (Å²) in [6.45, 7) is 0.835. The Kier molecular flexibility index (Phi) is 4.59. The Labute approximate surface area is 144 Å². The number of carbonyl (C=O) groups is 2. The number of carbonyl (C=O) groups excluding carboxylic acids is 2. The van der Waals surface area contributed by atoms with Gasteiger partial charge in [0.05, 0.1) is 12.2 Å². The summed E-state index contributed by atoms with van der Waals surface area (Å²) in [7, 11) is 0. The van der Waals surface area contributed by atoms with E-state index in [1.807, 2.05) is 0 Å². The number of aromatic amines is 1. The summed E-state index contributed by atoms with van der Waals surface area (Å²) in [5, 5.41) is 9.90. The highest BCUT2D eigenvalue weighted by molar-refractivity contribution is 5.98. The van der Waals surface area contributed by atoms with E-state index in [2.05, 4.69) is 4.98 Å². The topological polar surface area (TPSA) is 99.4 Å². The number of rotatable bonds is 5. The lowest BCUT2D eigenvalue weighted by atomic mass is 9.81. The highest BCUT2D eigenvalue weighted by Gasteiger charge is 2.40. The molecule has 2 heterocycles. The minimum absolute atomic E-state index is 0.0641. The molecule has 25 heavy (non-hydrogen) atoms. The summed E-state index contributed by atoms with van der Waals surface area (Å²) in [6.07, 6.45) is 2.62. The van der Waals surface area contributed by atoms with Gasteiger partial charge >= 0.3 is 0 Å². The van der Waals surface area contributed by atoms with Gasteiger partial charge in [-0.05, 0) is 36.6 Å². The van der Waals surface area contributed by atoms with E-state index >= 15 is 0 Å². The lowest BCUT2D eigenvalue weighted by molar-refractivity contribution is 0.0734. The minimum atomic E-state index is -0.599. The fourth-order valence-corrected chi connectivity index (χ4v) is 3.30. The van der Waals surface area contributed by atoms with Crippen LogP contribution < -0.4 is 5.73 Å². The number of nitrogens with one attached hydrogen (secondary N) is 1. The van der Waals surface area contributed by atoms with Crippen molar-refractivity contribution >= 4 is 11.8 Å². The summed E-state index contributed by atoms with van der Waals surface area (Å²) in [6, 6.07) is 7.61. The highest BCUT2D eigenvalue weighted by atomic mass is 19.1. The zero-order valence-electron chi connectivity index (χ0n) is 13.7.